The van der Waals surface area contributed by atoms with E-state index >= 15 is 0 Å². The summed E-state index contributed by atoms with van der Waals surface area (Å²) in [4.78, 5) is 5.45. The van der Waals surface area contributed by atoms with Gasteiger partial charge in [-0.25, -0.2) is 0 Å². The minimum atomic E-state index is 0.184. The lowest BCUT2D eigenvalue weighted by Crippen LogP contribution is -2.44. The van der Waals surface area contributed by atoms with E-state index < -0.39 is 0 Å². The van der Waals surface area contributed by atoms with E-state index in [1.54, 1.807) is 33.5 Å². The number of nitrogens with zero attached hydrogens (tertiary/aromatic N) is 1. The fourth-order valence-electron chi connectivity index (χ4n) is 14.9. The first-order valence-electron chi connectivity index (χ1n) is 24.9. The second-order valence-electron chi connectivity index (χ2n) is 21.2. The molecule has 5 aliphatic carbocycles. The van der Waals surface area contributed by atoms with E-state index in [1.807, 2.05) is 0 Å². The number of rotatable bonds is 10. The molecular weight excluding hydrogens is 699 g/mol. The van der Waals surface area contributed by atoms with E-state index in [2.05, 4.69) is 113 Å². The molecule has 0 saturated heterocycles. The van der Waals surface area contributed by atoms with E-state index in [4.69, 9.17) is 4.99 Å². The van der Waals surface area contributed by atoms with Crippen LogP contribution in [-0.2, 0) is 0 Å². The van der Waals surface area contributed by atoms with Crippen molar-refractivity contribution >= 4 is 11.3 Å². The Morgan fingerprint density at radius 3 is 1.66 bits per heavy atom. The first-order chi connectivity index (χ1) is 28.4. The number of hydrogen-bond donors (Lipinski definition) is 0. The van der Waals surface area contributed by atoms with E-state index in [1.165, 1.54) is 134 Å². The molecule has 0 aromatic heterocycles. The largest absolute Gasteiger partial charge is 0.293 e. The third-order valence-electron chi connectivity index (χ3n) is 18.5. The van der Waals surface area contributed by atoms with Crippen LogP contribution < -0.4 is 0 Å². The summed E-state index contributed by atoms with van der Waals surface area (Å²) in [6, 6.07) is 31.3. The molecule has 0 N–H and O–H groups in total. The highest BCUT2D eigenvalue weighted by atomic mass is 14.8. The maximum atomic E-state index is 5.45. The van der Waals surface area contributed by atoms with Crippen molar-refractivity contribution in [1.29, 1.82) is 0 Å². The van der Waals surface area contributed by atoms with Crippen LogP contribution in [0.2, 0.25) is 0 Å². The van der Waals surface area contributed by atoms with Gasteiger partial charge in [0.1, 0.15) is 0 Å². The quantitative estimate of drug-likeness (QED) is 0.194. The molecule has 6 aliphatic rings. The normalized spacial score (nSPS) is 31.8. The van der Waals surface area contributed by atoms with Crippen LogP contribution in [0.4, 0.5) is 0 Å². The number of aliphatic imine (C=N–C) groups is 1. The van der Waals surface area contributed by atoms with Gasteiger partial charge in [-0.1, -0.05) is 164 Å². The molecule has 9 rings (SSSR count). The Hall–Kier alpha value is -2.93. The van der Waals surface area contributed by atoms with Gasteiger partial charge in [-0.3, -0.25) is 4.99 Å². The molecule has 58 heavy (non-hydrogen) atoms. The zero-order valence-corrected chi connectivity index (χ0v) is 37.1. The molecule has 310 valence electrons. The predicted octanol–water partition coefficient (Wildman–Crippen LogP) is 16.0. The Morgan fingerprint density at radius 1 is 0.569 bits per heavy atom. The zero-order valence-electron chi connectivity index (χ0n) is 37.1. The molecule has 0 radical (unpaired) electrons. The van der Waals surface area contributed by atoms with Gasteiger partial charge in [-0.2, -0.15) is 0 Å². The minimum absolute atomic E-state index is 0.184. The third-order valence-corrected chi connectivity index (χ3v) is 18.5. The number of allylic oxidation sites excluding steroid dienone is 1. The molecule has 3 aromatic rings. The Balaban J connectivity index is 0.997. The van der Waals surface area contributed by atoms with E-state index in [-0.39, 0.29) is 10.8 Å². The average molecular weight is 776 g/mol. The van der Waals surface area contributed by atoms with Crippen LogP contribution in [-0.4, -0.2) is 12.3 Å². The molecule has 5 unspecified atom stereocenters. The van der Waals surface area contributed by atoms with E-state index in [0.717, 1.165) is 24.3 Å². The number of benzene rings is 3. The van der Waals surface area contributed by atoms with Crippen molar-refractivity contribution in [3.05, 3.63) is 113 Å². The summed E-state index contributed by atoms with van der Waals surface area (Å²) in [5, 5.41) is 0. The summed E-state index contributed by atoms with van der Waals surface area (Å²) in [6.07, 6.45) is 30.4. The van der Waals surface area contributed by atoms with Crippen LogP contribution >= 0.6 is 0 Å². The fourth-order valence-corrected chi connectivity index (χ4v) is 14.9. The Bertz CT molecular complexity index is 1830. The molecule has 3 aromatic carbocycles. The van der Waals surface area contributed by atoms with Crippen LogP contribution in [0.15, 0.2) is 89.9 Å². The van der Waals surface area contributed by atoms with Crippen molar-refractivity contribution in [1.82, 2.24) is 0 Å². The van der Waals surface area contributed by atoms with Crippen molar-refractivity contribution in [2.45, 2.75) is 168 Å². The van der Waals surface area contributed by atoms with Crippen molar-refractivity contribution < 1.29 is 0 Å². The maximum Gasteiger partial charge on any atom is 0.0452 e. The summed E-state index contributed by atoms with van der Waals surface area (Å²) in [5.41, 5.74) is 11.8. The summed E-state index contributed by atoms with van der Waals surface area (Å²) < 4.78 is 0. The molecule has 0 spiro atoms. The van der Waals surface area contributed by atoms with Gasteiger partial charge in [-0.15, -0.1) is 0 Å². The first-order valence-corrected chi connectivity index (χ1v) is 24.9. The summed E-state index contributed by atoms with van der Waals surface area (Å²) in [6.45, 7) is 11.5. The van der Waals surface area contributed by atoms with Crippen molar-refractivity contribution in [3.8, 4) is 0 Å². The highest BCUT2D eigenvalue weighted by molar-refractivity contribution is 5.88. The van der Waals surface area contributed by atoms with Crippen molar-refractivity contribution in [3.63, 3.8) is 0 Å². The van der Waals surface area contributed by atoms with E-state index in [0.29, 0.717) is 35.5 Å². The molecule has 0 amide bonds. The lowest BCUT2D eigenvalue weighted by Gasteiger charge is -2.54. The molecular formula is C57H77N. The van der Waals surface area contributed by atoms with Gasteiger partial charge < -0.3 is 0 Å². The summed E-state index contributed by atoms with van der Waals surface area (Å²) in [5.74, 6) is 6.27. The lowest BCUT2D eigenvalue weighted by molar-refractivity contribution is 0.0662. The molecule has 1 nitrogen and oxygen atoms in total. The van der Waals surface area contributed by atoms with Gasteiger partial charge in [0, 0.05) is 24.1 Å². The van der Waals surface area contributed by atoms with Crippen LogP contribution in [0, 0.1) is 52.3 Å². The maximum absolute atomic E-state index is 5.45. The monoisotopic (exact) mass is 776 g/mol. The molecule has 1 aliphatic heterocycles. The predicted molar refractivity (Wildman–Crippen MR) is 248 cm³/mol. The van der Waals surface area contributed by atoms with Gasteiger partial charge in [0.15, 0.2) is 0 Å². The fraction of sp³-hybridized carbons (Fsp3) is 0.632. The number of fused-ring (bicyclic) bond motifs is 3. The van der Waals surface area contributed by atoms with Gasteiger partial charge >= 0.3 is 0 Å². The Labute approximate surface area is 354 Å². The lowest BCUT2D eigenvalue weighted by atomic mass is 9.50. The van der Waals surface area contributed by atoms with Crippen molar-refractivity contribution in [2.75, 3.05) is 6.54 Å². The van der Waals surface area contributed by atoms with Gasteiger partial charge in [0.05, 0.1) is 0 Å². The molecule has 0 bridgehead atoms. The SMILES string of the molecule is CCC(C)(C1CCC(C2CCCCC2)CC1)C1c2ccccc2C(C(C)(CC)C2CCC3=NCC(/C=C(/c4ccccc4)C4CCCCC4)CC3C2)c2ccccc21. The summed E-state index contributed by atoms with van der Waals surface area (Å²) >= 11 is 0. The minimum Gasteiger partial charge on any atom is -0.293 e. The van der Waals surface area contributed by atoms with Gasteiger partial charge in [0.2, 0.25) is 0 Å². The second kappa shape index (κ2) is 17.6. The first kappa shape index (κ1) is 40.5. The topological polar surface area (TPSA) is 12.4 Å². The molecule has 1 heteroatoms. The highest BCUT2D eigenvalue weighted by Crippen LogP contribution is 2.63. The van der Waals surface area contributed by atoms with Crippen LogP contribution in [0.5, 0.6) is 0 Å². The smallest absolute Gasteiger partial charge is 0.0452 e. The summed E-state index contributed by atoms with van der Waals surface area (Å²) in [7, 11) is 0. The van der Waals surface area contributed by atoms with Gasteiger partial charge in [-0.05, 0) is 163 Å². The standard InChI is InChI=1S/C57H77N/c1-5-56(3,46-32-30-42(31-33-46)41-20-10-7-11-21-41)54-48-26-16-18-28-50(48)55(51-29-19-17-27-49(51)54)57(4,6-2)47-34-35-53-45(38-47)36-40(39-58-53)37-52(43-22-12-8-13-23-43)44-24-14-9-15-25-44/h8,12-13,16-19,22-23,26-29,37,40-42,44-47,54-55H,5-7,9-11,14-15,20-21,24-25,30-36,38-39H2,1-4H3/b52-37-. The van der Waals surface area contributed by atoms with Crippen LogP contribution in [0.1, 0.15) is 196 Å². The zero-order chi connectivity index (χ0) is 39.7. The Kier molecular flexibility index (Phi) is 12.3. The number of hydrogen-bond acceptors (Lipinski definition) is 1. The van der Waals surface area contributed by atoms with Crippen LogP contribution in [0.3, 0.4) is 0 Å². The average Bonchev–Trinajstić information content (AvgIpc) is 3.30. The second-order valence-corrected chi connectivity index (χ2v) is 21.2. The van der Waals surface area contributed by atoms with Crippen molar-refractivity contribution in [2.24, 2.45) is 57.2 Å². The molecule has 1 heterocycles. The molecule has 5 atom stereocenters. The van der Waals surface area contributed by atoms with Crippen LogP contribution in [0.25, 0.3) is 5.57 Å². The highest BCUT2D eigenvalue weighted by Gasteiger charge is 2.52. The Morgan fingerprint density at radius 2 is 1.09 bits per heavy atom. The third kappa shape index (κ3) is 7.66. The van der Waals surface area contributed by atoms with Gasteiger partial charge in [0.25, 0.3) is 0 Å². The molecule has 4 saturated carbocycles. The van der Waals surface area contributed by atoms with E-state index in [9.17, 15) is 0 Å². The molecule has 4 fully saturated rings.